The van der Waals surface area contributed by atoms with E-state index in [1.54, 1.807) is 0 Å². The maximum absolute atomic E-state index is 13.9. The third-order valence-electron chi connectivity index (χ3n) is 8.82. The van der Waals surface area contributed by atoms with E-state index < -0.39 is 5.92 Å². The Labute approximate surface area is 256 Å². The normalized spacial score (nSPS) is 12.8. The Kier molecular flexibility index (Phi) is 8.61. The molecule has 1 atom stereocenters. The van der Waals surface area contributed by atoms with Crippen molar-refractivity contribution in [3.63, 3.8) is 0 Å². The maximum atomic E-state index is 13.9. The molecule has 1 aromatic heterocycles. The highest BCUT2D eigenvalue weighted by Crippen LogP contribution is 2.40. The van der Waals surface area contributed by atoms with Crippen molar-refractivity contribution in [2.75, 3.05) is 0 Å². The molecule has 0 aliphatic heterocycles. The zero-order chi connectivity index (χ0) is 32.0. The number of phenolic OH excluding ortho intramolecular Hbond substituents is 1. The molecule has 1 heterocycles. The fourth-order valence-corrected chi connectivity index (χ4v) is 5.73. The molecule has 1 unspecified atom stereocenters. The van der Waals surface area contributed by atoms with Gasteiger partial charge in [-0.15, -0.1) is 0 Å². The number of pyridine rings is 1. The number of hydrogen-bond acceptors (Lipinski definition) is 5. The van der Waals surface area contributed by atoms with Gasteiger partial charge in [0.2, 0.25) is 0 Å². The molecule has 43 heavy (non-hydrogen) atoms. The SMILES string of the molecule is Cc1c(C)c(C)c(C(=O)C(C)c2ccc3cccc(OCc4cc(C(C)(C)C)c(O)c(C(C)(C)C)c4)c3n2)c(C=O)c1C. The Morgan fingerprint density at radius 3 is 2.02 bits per heavy atom. The molecule has 0 spiro atoms. The van der Waals surface area contributed by atoms with E-state index in [0.29, 0.717) is 40.4 Å². The number of phenols is 1. The molecule has 0 fully saturated rings. The molecule has 0 bridgehead atoms. The highest BCUT2D eigenvalue weighted by Gasteiger charge is 2.28. The van der Waals surface area contributed by atoms with Gasteiger partial charge in [0.25, 0.3) is 0 Å². The summed E-state index contributed by atoms with van der Waals surface area (Å²) in [5.74, 6) is 0.279. The number of fused-ring (bicyclic) bond motifs is 1. The van der Waals surface area contributed by atoms with Crippen LogP contribution in [0.5, 0.6) is 11.5 Å². The topological polar surface area (TPSA) is 76.5 Å². The number of para-hydroxylation sites is 1. The van der Waals surface area contributed by atoms with Crippen LogP contribution in [-0.4, -0.2) is 22.2 Å². The minimum absolute atomic E-state index is 0.121. The summed E-state index contributed by atoms with van der Waals surface area (Å²) in [7, 11) is 0. The molecule has 0 saturated carbocycles. The lowest BCUT2D eigenvalue weighted by molar-refractivity contribution is 0.0958. The number of nitrogens with zero attached hydrogens (tertiary/aromatic N) is 1. The molecule has 5 nitrogen and oxygen atoms in total. The fourth-order valence-electron chi connectivity index (χ4n) is 5.73. The van der Waals surface area contributed by atoms with Gasteiger partial charge in [0, 0.05) is 16.5 Å². The number of carbonyl (C=O) groups excluding carboxylic acids is 2. The molecule has 1 N–H and O–H groups in total. The van der Waals surface area contributed by atoms with Crippen LogP contribution >= 0.6 is 0 Å². The lowest BCUT2D eigenvalue weighted by Gasteiger charge is -2.28. The van der Waals surface area contributed by atoms with Crippen molar-refractivity contribution in [1.29, 1.82) is 0 Å². The van der Waals surface area contributed by atoms with Gasteiger partial charge in [-0.25, -0.2) is 4.98 Å². The van der Waals surface area contributed by atoms with Crippen molar-refractivity contribution in [2.45, 2.75) is 99.5 Å². The van der Waals surface area contributed by atoms with Crippen LogP contribution in [0.3, 0.4) is 0 Å². The van der Waals surface area contributed by atoms with Gasteiger partial charge in [0.1, 0.15) is 23.6 Å². The van der Waals surface area contributed by atoms with Crippen LogP contribution in [0.15, 0.2) is 42.5 Å². The van der Waals surface area contributed by atoms with Crippen LogP contribution in [0.2, 0.25) is 0 Å². The summed E-state index contributed by atoms with van der Waals surface area (Å²) in [6.07, 6.45) is 0.800. The van der Waals surface area contributed by atoms with Crippen molar-refractivity contribution in [3.05, 3.63) is 98.2 Å². The van der Waals surface area contributed by atoms with Crippen LogP contribution in [0.1, 0.15) is 120 Å². The van der Waals surface area contributed by atoms with Crippen LogP contribution < -0.4 is 4.74 Å². The van der Waals surface area contributed by atoms with Gasteiger partial charge in [0.15, 0.2) is 12.1 Å². The number of ketones is 1. The second kappa shape index (κ2) is 11.6. The van der Waals surface area contributed by atoms with Crippen molar-refractivity contribution in [3.8, 4) is 11.5 Å². The molecule has 4 aromatic rings. The molecule has 0 radical (unpaired) electrons. The third kappa shape index (κ3) is 6.08. The number of rotatable bonds is 7. The summed E-state index contributed by atoms with van der Waals surface area (Å²) in [4.78, 5) is 30.9. The zero-order valence-electron chi connectivity index (χ0n) is 27.5. The summed E-state index contributed by atoms with van der Waals surface area (Å²) in [6.45, 7) is 22.5. The standard InChI is InChI=1S/C38H45NO4/c1-21-22(2)24(4)33(28(19-40)23(21)3)35(41)25(5)31-16-15-27-13-12-14-32(34(27)39-31)43-20-26-17-29(37(6,7)8)36(42)30(18-26)38(9,10)11/h12-19,25,42H,20H2,1-11H3. The molecule has 4 rings (SSSR count). The number of aromatic nitrogens is 1. The Balaban J connectivity index is 1.72. The van der Waals surface area contributed by atoms with Gasteiger partial charge in [-0.05, 0) is 109 Å². The molecular formula is C38H45NO4. The number of benzene rings is 3. The number of aldehydes is 1. The smallest absolute Gasteiger partial charge is 0.172 e. The highest BCUT2D eigenvalue weighted by molar-refractivity contribution is 6.08. The van der Waals surface area contributed by atoms with Gasteiger partial charge in [-0.2, -0.15) is 0 Å². The van der Waals surface area contributed by atoms with E-state index in [1.165, 1.54) is 0 Å². The maximum Gasteiger partial charge on any atom is 0.172 e. The van der Waals surface area contributed by atoms with E-state index in [0.717, 1.165) is 50.6 Å². The Hall–Kier alpha value is -3.99. The Morgan fingerprint density at radius 1 is 0.884 bits per heavy atom. The fraction of sp³-hybridized carbons (Fsp3) is 0.395. The molecule has 0 amide bonds. The van der Waals surface area contributed by atoms with Gasteiger partial charge < -0.3 is 9.84 Å². The molecule has 5 heteroatoms. The molecule has 3 aromatic carbocycles. The second-order valence-corrected chi connectivity index (χ2v) is 13.9. The van der Waals surface area contributed by atoms with Crippen LogP contribution in [0, 0.1) is 27.7 Å². The van der Waals surface area contributed by atoms with E-state index in [4.69, 9.17) is 9.72 Å². The Bertz CT molecular complexity index is 1700. The third-order valence-corrected chi connectivity index (χ3v) is 8.82. The molecule has 0 saturated heterocycles. The zero-order valence-corrected chi connectivity index (χ0v) is 27.5. The number of ether oxygens (including phenoxy) is 1. The Morgan fingerprint density at radius 2 is 1.47 bits per heavy atom. The summed E-state index contributed by atoms with van der Waals surface area (Å²) in [5.41, 5.74) is 8.23. The lowest BCUT2D eigenvalue weighted by atomic mass is 9.78. The van der Waals surface area contributed by atoms with Crippen LogP contribution in [0.25, 0.3) is 10.9 Å². The quantitative estimate of drug-likeness (QED) is 0.174. The summed E-state index contributed by atoms with van der Waals surface area (Å²) in [6, 6.07) is 13.7. The van der Waals surface area contributed by atoms with Crippen molar-refractivity contribution in [1.82, 2.24) is 4.98 Å². The van der Waals surface area contributed by atoms with E-state index in [9.17, 15) is 14.7 Å². The molecule has 0 aliphatic carbocycles. The van der Waals surface area contributed by atoms with Crippen molar-refractivity contribution < 1.29 is 19.4 Å². The van der Waals surface area contributed by atoms with Gasteiger partial charge in [-0.1, -0.05) is 59.7 Å². The predicted molar refractivity (Wildman–Crippen MR) is 175 cm³/mol. The van der Waals surface area contributed by atoms with Crippen LogP contribution in [0.4, 0.5) is 0 Å². The number of carbonyl (C=O) groups is 2. The largest absolute Gasteiger partial charge is 0.507 e. The number of aromatic hydroxyl groups is 1. The first-order valence-electron chi connectivity index (χ1n) is 15.0. The number of hydrogen-bond donors (Lipinski definition) is 1. The molecule has 226 valence electrons. The van der Waals surface area contributed by atoms with Gasteiger partial charge in [-0.3, -0.25) is 9.59 Å². The monoisotopic (exact) mass is 579 g/mol. The average molecular weight is 580 g/mol. The van der Waals surface area contributed by atoms with Gasteiger partial charge in [0.05, 0.1) is 11.6 Å². The van der Waals surface area contributed by atoms with Gasteiger partial charge >= 0.3 is 0 Å². The van der Waals surface area contributed by atoms with E-state index in [-0.39, 0.29) is 16.6 Å². The highest BCUT2D eigenvalue weighted by atomic mass is 16.5. The minimum atomic E-state index is -0.558. The average Bonchev–Trinajstić information content (AvgIpc) is 2.94. The summed E-state index contributed by atoms with van der Waals surface area (Å²) in [5, 5.41) is 12.0. The molecule has 0 aliphatic rings. The van der Waals surface area contributed by atoms with E-state index in [2.05, 4.69) is 41.5 Å². The summed E-state index contributed by atoms with van der Waals surface area (Å²) < 4.78 is 6.39. The summed E-state index contributed by atoms with van der Waals surface area (Å²) >= 11 is 0. The van der Waals surface area contributed by atoms with E-state index in [1.807, 2.05) is 77.1 Å². The predicted octanol–water partition coefficient (Wildman–Crippen LogP) is 9.15. The first-order chi connectivity index (χ1) is 20.0. The molecular weight excluding hydrogens is 534 g/mol. The van der Waals surface area contributed by atoms with Crippen LogP contribution in [-0.2, 0) is 17.4 Å². The lowest BCUT2D eigenvalue weighted by Crippen LogP contribution is -2.18. The number of Topliss-reactive ketones (excluding diaryl/α,β-unsaturated/α-hetero) is 1. The van der Waals surface area contributed by atoms with Crippen molar-refractivity contribution >= 4 is 23.0 Å². The first kappa shape index (κ1) is 31.9. The first-order valence-corrected chi connectivity index (χ1v) is 15.0. The van der Waals surface area contributed by atoms with E-state index >= 15 is 0 Å². The van der Waals surface area contributed by atoms with Crippen molar-refractivity contribution in [2.24, 2.45) is 0 Å². The second-order valence-electron chi connectivity index (χ2n) is 13.9. The minimum Gasteiger partial charge on any atom is -0.507 e.